The number of nitriles is 1. The van der Waals surface area contributed by atoms with Crippen molar-refractivity contribution in [2.75, 3.05) is 0 Å². The van der Waals surface area contributed by atoms with Gasteiger partial charge in [-0.2, -0.15) is 5.26 Å². The summed E-state index contributed by atoms with van der Waals surface area (Å²) in [5.74, 6) is -0.809. The number of hydrogen-bond acceptors (Lipinski definition) is 5. The van der Waals surface area contributed by atoms with Crippen molar-refractivity contribution in [1.29, 1.82) is 5.26 Å². The second kappa shape index (κ2) is 8.57. The third kappa shape index (κ3) is 4.14. The summed E-state index contributed by atoms with van der Waals surface area (Å²) >= 11 is 0. The molecule has 0 radical (unpaired) electrons. The van der Waals surface area contributed by atoms with Gasteiger partial charge < -0.3 is 9.30 Å². The average Bonchev–Trinajstić information content (AvgIpc) is 2.93. The molecular formula is C20H24N4O4. The van der Waals surface area contributed by atoms with Crippen LogP contribution < -0.4 is 11.2 Å². The predicted octanol–water partition coefficient (Wildman–Crippen LogP) is 1.56. The Balaban J connectivity index is 2.25. The molecule has 0 amide bonds. The molecule has 2 aromatic rings. The number of esters is 1. The highest BCUT2D eigenvalue weighted by atomic mass is 16.5. The van der Waals surface area contributed by atoms with Crippen molar-refractivity contribution >= 4 is 12.0 Å². The zero-order chi connectivity index (χ0) is 21.0. The normalized spacial score (nSPS) is 11.4. The minimum atomic E-state index is -0.809. The number of carbonyl (C=O) groups excluding carboxylic acids is 1. The summed E-state index contributed by atoms with van der Waals surface area (Å²) in [6.07, 6.45) is 2.47. The summed E-state index contributed by atoms with van der Waals surface area (Å²) in [6.45, 7) is 6.56. The molecule has 0 N–H and O–H groups in total. The van der Waals surface area contributed by atoms with Gasteiger partial charge in [0.15, 0.2) is 0 Å². The van der Waals surface area contributed by atoms with Gasteiger partial charge in [-0.15, -0.1) is 0 Å². The zero-order valence-corrected chi connectivity index (χ0v) is 16.8. The maximum Gasteiger partial charge on any atom is 0.349 e. The number of carbonyl (C=O) groups is 1. The summed E-state index contributed by atoms with van der Waals surface area (Å²) in [4.78, 5) is 36.0. The van der Waals surface area contributed by atoms with Gasteiger partial charge in [-0.3, -0.25) is 13.9 Å². The lowest BCUT2D eigenvalue weighted by molar-refractivity contribution is -0.139. The van der Waals surface area contributed by atoms with Crippen molar-refractivity contribution < 1.29 is 9.53 Å². The van der Waals surface area contributed by atoms with E-state index in [-0.39, 0.29) is 17.9 Å². The van der Waals surface area contributed by atoms with Gasteiger partial charge in [0.2, 0.25) is 0 Å². The van der Waals surface area contributed by atoms with E-state index in [9.17, 15) is 19.6 Å². The van der Waals surface area contributed by atoms with Gasteiger partial charge in [0.25, 0.3) is 5.56 Å². The number of aryl methyl sites for hydroxylation is 1. The van der Waals surface area contributed by atoms with Crippen molar-refractivity contribution in [3.63, 3.8) is 0 Å². The van der Waals surface area contributed by atoms with Gasteiger partial charge in [0, 0.05) is 38.1 Å². The molecule has 2 heterocycles. The maximum atomic E-state index is 12.3. The van der Waals surface area contributed by atoms with E-state index in [1.807, 2.05) is 26.0 Å². The third-order valence-electron chi connectivity index (χ3n) is 4.68. The average molecular weight is 384 g/mol. The highest BCUT2D eigenvalue weighted by molar-refractivity contribution is 5.98. The fraction of sp³-hybridized carbons (Fsp3) is 0.400. The van der Waals surface area contributed by atoms with Crippen LogP contribution in [0.25, 0.3) is 6.08 Å². The van der Waals surface area contributed by atoms with Gasteiger partial charge in [-0.25, -0.2) is 9.59 Å². The highest BCUT2D eigenvalue weighted by Crippen LogP contribution is 2.19. The van der Waals surface area contributed by atoms with Crippen LogP contribution in [0.2, 0.25) is 0 Å². The van der Waals surface area contributed by atoms with E-state index < -0.39 is 17.2 Å². The topological polar surface area (TPSA) is 99.0 Å². The SMILES string of the molecule is CCCn1c(C)cc(/C=C(\C#N)C(=O)OCc2cc(=O)n(C)c(=O)n2C)c1C. The monoisotopic (exact) mass is 384 g/mol. The molecule has 0 aliphatic heterocycles. The second-order valence-electron chi connectivity index (χ2n) is 6.60. The number of rotatable bonds is 6. The Morgan fingerprint density at radius 3 is 2.50 bits per heavy atom. The van der Waals surface area contributed by atoms with E-state index in [1.54, 1.807) is 0 Å². The predicted molar refractivity (Wildman–Crippen MR) is 105 cm³/mol. The standard InChI is InChI=1S/C20H24N4O4/c1-6-7-24-13(2)8-15(14(24)3)9-16(11-21)19(26)28-12-17-10-18(25)23(5)20(27)22(17)4/h8-10H,6-7,12H2,1-5H3/b16-9+. The molecule has 0 saturated carbocycles. The molecule has 0 bridgehead atoms. The van der Waals surface area contributed by atoms with Crippen molar-refractivity contribution in [2.24, 2.45) is 14.1 Å². The molecule has 8 nitrogen and oxygen atoms in total. The lowest BCUT2D eigenvalue weighted by Gasteiger charge is -2.10. The van der Waals surface area contributed by atoms with Gasteiger partial charge in [0.05, 0.1) is 5.69 Å². The van der Waals surface area contributed by atoms with Crippen LogP contribution in [0.1, 0.15) is 36.0 Å². The largest absolute Gasteiger partial charge is 0.455 e. The van der Waals surface area contributed by atoms with Gasteiger partial charge in [0.1, 0.15) is 18.2 Å². The maximum absolute atomic E-state index is 12.3. The third-order valence-corrected chi connectivity index (χ3v) is 4.68. The highest BCUT2D eigenvalue weighted by Gasteiger charge is 2.15. The number of nitrogens with zero attached hydrogens (tertiary/aromatic N) is 4. The second-order valence-corrected chi connectivity index (χ2v) is 6.60. The Bertz CT molecular complexity index is 1090. The fourth-order valence-corrected chi connectivity index (χ4v) is 2.97. The van der Waals surface area contributed by atoms with E-state index in [4.69, 9.17) is 4.74 Å². The van der Waals surface area contributed by atoms with E-state index in [2.05, 4.69) is 11.5 Å². The van der Waals surface area contributed by atoms with Crippen LogP contribution in [0.3, 0.4) is 0 Å². The van der Waals surface area contributed by atoms with E-state index >= 15 is 0 Å². The van der Waals surface area contributed by atoms with Crippen LogP contribution in [0.4, 0.5) is 0 Å². The molecule has 2 rings (SSSR count). The molecule has 0 atom stereocenters. The molecule has 148 valence electrons. The summed E-state index contributed by atoms with van der Waals surface area (Å²) in [5.41, 5.74) is 1.89. The molecular weight excluding hydrogens is 360 g/mol. The smallest absolute Gasteiger partial charge is 0.349 e. The van der Waals surface area contributed by atoms with Crippen molar-refractivity contribution in [3.05, 3.63) is 61.2 Å². The summed E-state index contributed by atoms with van der Waals surface area (Å²) < 4.78 is 9.47. The van der Waals surface area contributed by atoms with Gasteiger partial charge in [-0.05, 0) is 38.0 Å². The van der Waals surface area contributed by atoms with E-state index in [1.165, 1.54) is 30.8 Å². The minimum absolute atomic E-state index is 0.148. The Labute approximate surface area is 162 Å². The lowest BCUT2D eigenvalue weighted by atomic mass is 10.1. The van der Waals surface area contributed by atoms with Gasteiger partial charge in [-0.1, -0.05) is 6.92 Å². The Morgan fingerprint density at radius 1 is 1.21 bits per heavy atom. The molecule has 0 aromatic carbocycles. The van der Waals surface area contributed by atoms with Crippen LogP contribution in [-0.4, -0.2) is 19.7 Å². The van der Waals surface area contributed by atoms with Crippen LogP contribution in [0.15, 0.2) is 27.3 Å². The summed E-state index contributed by atoms with van der Waals surface area (Å²) in [6, 6.07) is 5.01. The van der Waals surface area contributed by atoms with E-state index in [0.717, 1.165) is 34.5 Å². The molecule has 0 spiro atoms. The molecule has 0 unspecified atom stereocenters. The van der Waals surface area contributed by atoms with Crippen molar-refractivity contribution in [1.82, 2.24) is 13.7 Å². The molecule has 28 heavy (non-hydrogen) atoms. The molecule has 8 heteroatoms. The fourth-order valence-electron chi connectivity index (χ4n) is 2.97. The van der Waals surface area contributed by atoms with E-state index in [0.29, 0.717) is 0 Å². The van der Waals surface area contributed by atoms with Gasteiger partial charge >= 0.3 is 11.7 Å². The van der Waals surface area contributed by atoms with Crippen LogP contribution in [-0.2, 0) is 36.8 Å². The molecule has 0 aliphatic rings. The molecule has 0 fully saturated rings. The quantitative estimate of drug-likeness (QED) is 0.428. The van der Waals surface area contributed by atoms with Crippen molar-refractivity contribution in [2.45, 2.75) is 40.3 Å². The zero-order valence-electron chi connectivity index (χ0n) is 16.8. The summed E-state index contributed by atoms with van der Waals surface area (Å²) in [7, 11) is 2.85. The van der Waals surface area contributed by atoms with Crippen LogP contribution in [0.5, 0.6) is 0 Å². The molecule has 2 aromatic heterocycles. The number of hydrogen-bond donors (Lipinski definition) is 0. The summed E-state index contributed by atoms with van der Waals surface area (Å²) in [5, 5.41) is 9.37. The Hall–Kier alpha value is -3.34. The van der Waals surface area contributed by atoms with Crippen LogP contribution in [0, 0.1) is 25.2 Å². The van der Waals surface area contributed by atoms with Crippen LogP contribution >= 0.6 is 0 Å². The molecule has 0 saturated heterocycles. The first kappa shape index (κ1) is 21.0. The Kier molecular flexibility index (Phi) is 6.41. The molecule has 0 aliphatic carbocycles. The number of ether oxygens (including phenoxy) is 1. The first-order valence-corrected chi connectivity index (χ1v) is 8.92. The number of aromatic nitrogens is 3. The first-order valence-electron chi connectivity index (χ1n) is 8.92. The Morgan fingerprint density at radius 2 is 1.89 bits per heavy atom. The minimum Gasteiger partial charge on any atom is -0.455 e. The van der Waals surface area contributed by atoms with Crippen molar-refractivity contribution in [3.8, 4) is 6.07 Å². The first-order chi connectivity index (χ1) is 13.2. The lowest BCUT2D eigenvalue weighted by Crippen LogP contribution is -2.38.